The first kappa shape index (κ1) is 10.2. The Labute approximate surface area is 96.0 Å². The second-order valence-corrected chi connectivity index (χ2v) is 4.08. The number of hydrogen-bond acceptors (Lipinski definition) is 3. The van der Waals surface area contributed by atoms with E-state index >= 15 is 0 Å². The molecule has 0 saturated carbocycles. The normalized spacial score (nSPS) is 10.3. The highest BCUT2D eigenvalue weighted by atomic mass is 79.9. The van der Waals surface area contributed by atoms with Crippen LogP contribution in [0.4, 0.5) is 0 Å². The number of aromatic nitrogens is 3. The van der Waals surface area contributed by atoms with Crippen LogP contribution in [0, 0.1) is 6.92 Å². The molecule has 0 saturated heterocycles. The Bertz CT molecular complexity index is 481. The van der Waals surface area contributed by atoms with Crippen molar-refractivity contribution in [3.8, 4) is 11.6 Å². The zero-order valence-electron chi connectivity index (χ0n) is 8.44. The summed E-state index contributed by atoms with van der Waals surface area (Å²) < 4.78 is 8.17. The van der Waals surface area contributed by atoms with Crippen molar-refractivity contribution >= 4 is 15.9 Å². The maximum Gasteiger partial charge on any atom is 0.219 e. The van der Waals surface area contributed by atoms with Crippen LogP contribution in [0.2, 0.25) is 0 Å². The summed E-state index contributed by atoms with van der Waals surface area (Å²) in [5, 5.41) is 4.01. The van der Waals surface area contributed by atoms with E-state index in [1.807, 2.05) is 20.0 Å². The third kappa shape index (κ3) is 2.36. The summed E-state index contributed by atoms with van der Waals surface area (Å²) in [4.78, 5) is 4.14. The summed E-state index contributed by atoms with van der Waals surface area (Å²) >= 11 is 3.38. The van der Waals surface area contributed by atoms with Crippen molar-refractivity contribution in [2.24, 2.45) is 7.05 Å². The van der Waals surface area contributed by atoms with Gasteiger partial charge in [0.1, 0.15) is 0 Å². The Kier molecular flexibility index (Phi) is 2.73. The van der Waals surface area contributed by atoms with E-state index in [4.69, 9.17) is 4.74 Å². The summed E-state index contributed by atoms with van der Waals surface area (Å²) in [5.41, 5.74) is 1.09. The minimum absolute atomic E-state index is 0.573. The molecule has 0 fully saturated rings. The maximum atomic E-state index is 5.52. The Hall–Kier alpha value is -1.36. The first-order valence-corrected chi connectivity index (χ1v) is 5.23. The van der Waals surface area contributed by atoms with Gasteiger partial charge in [-0.25, -0.2) is 4.98 Å². The maximum absolute atomic E-state index is 5.52. The number of rotatable bonds is 2. The highest BCUT2D eigenvalue weighted by Crippen LogP contribution is 2.22. The van der Waals surface area contributed by atoms with Crippen LogP contribution in [-0.4, -0.2) is 14.8 Å². The molecule has 2 aromatic rings. The van der Waals surface area contributed by atoms with Crippen LogP contribution in [0.5, 0.6) is 11.6 Å². The van der Waals surface area contributed by atoms with Crippen molar-refractivity contribution in [3.63, 3.8) is 0 Å². The number of aryl methyl sites for hydroxylation is 2. The molecular formula is C10H10BrN3O. The van der Waals surface area contributed by atoms with Crippen molar-refractivity contribution in [2.75, 3.05) is 0 Å². The zero-order valence-corrected chi connectivity index (χ0v) is 10.0. The van der Waals surface area contributed by atoms with E-state index in [-0.39, 0.29) is 0 Å². The fourth-order valence-electron chi connectivity index (χ4n) is 1.14. The third-order valence-electron chi connectivity index (χ3n) is 1.93. The van der Waals surface area contributed by atoms with E-state index in [9.17, 15) is 0 Å². The van der Waals surface area contributed by atoms with Gasteiger partial charge in [0, 0.05) is 23.8 Å². The standard InChI is InChI=1S/C10H10BrN3O/c1-7-3-10(12-5-9(7)11)15-8-4-13-14(2)6-8/h3-6H,1-2H3. The zero-order chi connectivity index (χ0) is 10.8. The molecular weight excluding hydrogens is 258 g/mol. The van der Waals surface area contributed by atoms with E-state index < -0.39 is 0 Å². The van der Waals surface area contributed by atoms with Crippen molar-refractivity contribution in [1.29, 1.82) is 0 Å². The van der Waals surface area contributed by atoms with Gasteiger partial charge < -0.3 is 4.74 Å². The van der Waals surface area contributed by atoms with Gasteiger partial charge >= 0.3 is 0 Å². The molecule has 0 atom stereocenters. The lowest BCUT2D eigenvalue weighted by Gasteiger charge is -2.03. The molecule has 2 rings (SSSR count). The summed E-state index contributed by atoms with van der Waals surface area (Å²) in [6.45, 7) is 1.99. The van der Waals surface area contributed by atoms with Gasteiger partial charge in [0.2, 0.25) is 5.88 Å². The molecule has 2 heterocycles. The molecule has 0 radical (unpaired) electrons. The molecule has 0 amide bonds. The summed E-state index contributed by atoms with van der Waals surface area (Å²) in [7, 11) is 1.84. The fraction of sp³-hybridized carbons (Fsp3) is 0.200. The van der Waals surface area contributed by atoms with E-state index in [2.05, 4.69) is 26.0 Å². The van der Waals surface area contributed by atoms with Crippen molar-refractivity contribution in [2.45, 2.75) is 6.92 Å². The summed E-state index contributed by atoms with van der Waals surface area (Å²) in [6.07, 6.45) is 5.17. The number of pyridine rings is 1. The van der Waals surface area contributed by atoms with Crippen LogP contribution >= 0.6 is 15.9 Å². The van der Waals surface area contributed by atoms with Gasteiger partial charge in [-0.05, 0) is 28.4 Å². The van der Waals surface area contributed by atoms with Crippen LogP contribution < -0.4 is 4.74 Å². The predicted octanol–water partition coefficient (Wildman–Crippen LogP) is 2.68. The molecule has 78 valence electrons. The molecule has 0 bridgehead atoms. The minimum Gasteiger partial charge on any atom is -0.436 e. The average Bonchev–Trinajstić information content (AvgIpc) is 2.58. The first-order valence-electron chi connectivity index (χ1n) is 4.44. The van der Waals surface area contributed by atoms with Crippen LogP contribution in [0.1, 0.15) is 5.56 Å². The van der Waals surface area contributed by atoms with Crippen LogP contribution in [0.3, 0.4) is 0 Å². The van der Waals surface area contributed by atoms with Crippen molar-refractivity contribution in [1.82, 2.24) is 14.8 Å². The third-order valence-corrected chi connectivity index (χ3v) is 2.76. The quantitative estimate of drug-likeness (QED) is 0.840. The molecule has 0 spiro atoms. The minimum atomic E-state index is 0.573. The Morgan fingerprint density at radius 1 is 1.40 bits per heavy atom. The van der Waals surface area contributed by atoms with Crippen LogP contribution in [-0.2, 0) is 7.05 Å². The summed E-state index contributed by atoms with van der Waals surface area (Å²) in [6, 6.07) is 1.87. The second kappa shape index (κ2) is 4.02. The van der Waals surface area contributed by atoms with E-state index in [1.165, 1.54) is 0 Å². The van der Waals surface area contributed by atoms with Crippen molar-refractivity contribution < 1.29 is 4.74 Å². The monoisotopic (exact) mass is 267 g/mol. The highest BCUT2D eigenvalue weighted by Gasteiger charge is 2.02. The molecule has 15 heavy (non-hydrogen) atoms. The van der Waals surface area contributed by atoms with Gasteiger partial charge in [-0.1, -0.05) is 0 Å². The molecule has 0 unspecified atom stereocenters. The smallest absolute Gasteiger partial charge is 0.219 e. The van der Waals surface area contributed by atoms with Crippen molar-refractivity contribution in [3.05, 3.63) is 34.7 Å². The fourth-order valence-corrected chi connectivity index (χ4v) is 1.36. The summed E-state index contributed by atoms with van der Waals surface area (Å²) in [5.74, 6) is 1.26. The van der Waals surface area contributed by atoms with Gasteiger partial charge in [0.05, 0.1) is 12.4 Å². The van der Waals surface area contributed by atoms with E-state index in [0.717, 1.165) is 10.0 Å². The van der Waals surface area contributed by atoms with Gasteiger partial charge in [-0.15, -0.1) is 0 Å². The molecule has 0 aliphatic carbocycles. The molecule has 5 heteroatoms. The Balaban J connectivity index is 2.21. The predicted molar refractivity (Wildman–Crippen MR) is 60.0 cm³/mol. The van der Waals surface area contributed by atoms with Crippen LogP contribution in [0.15, 0.2) is 29.1 Å². The molecule has 0 aliphatic heterocycles. The lowest BCUT2D eigenvalue weighted by Crippen LogP contribution is -1.88. The molecule has 0 aromatic carbocycles. The Morgan fingerprint density at radius 2 is 2.20 bits per heavy atom. The van der Waals surface area contributed by atoms with E-state index in [1.54, 1.807) is 23.3 Å². The largest absolute Gasteiger partial charge is 0.436 e. The highest BCUT2D eigenvalue weighted by molar-refractivity contribution is 9.10. The SMILES string of the molecule is Cc1cc(Oc2cnn(C)c2)ncc1Br. The first-order chi connectivity index (χ1) is 7.15. The topological polar surface area (TPSA) is 39.9 Å². The molecule has 4 nitrogen and oxygen atoms in total. The second-order valence-electron chi connectivity index (χ2n) is 3.22. The van der Waals surface area contributed by atoms with Gasteiger partial charge in [0.15, 0.2) is 5.75 Å². The number of nitrogens with zero attached hydrogens (tertiary/aromatic N) is 3. The lowest BCUT2D eigenvalue weighted by atomic mass is 10.3. The molecule has 0 N–H and O–H groups in total. The van der Waals surface area contributed by atoms with Gasteiger partial charge in [-0.3, -0.25) is 4.68 Å². The van der Waals surface area contributed by atoms with Crippen LogP contribution in [0.25, 0.3) is 0 Å². The van der Waals surface area contributed by atoms with E-state index in [0.29, 0.717) is 11.6 Å². The number of hydrogen-bond donors (Lipinski definition) is 0. The number of halogens is 1. The molecule has 0 aliphatic rings. The lowest BCUT2D eigenvalue weighted by molar-refractivity contribution is 0.461. The average molecular weight is 268 g/mol. The molecule has 2 aromatic heterocycles. The van der Waals surface area contributed by atoms with Gasteiger partial charge in [-0.2, -0.15) is 5.10 Å². The van der Waals surface area contributed by atoms with Gasteiger partial charge in [0.25, 0.3) is 0 Å². The Morgan fingerprint density at radius 3 is 2.80 bits per heavy atom. The number of ether oxygens (including phenoxy) is 1.